The summed E-state index contributed by atoms with van der Waals surface area (Å²) in [5.74, 6) is 0.838. The Kier molecular flexibility index (Phi) is 5.30. The van der Waals surface area contributed by atoms with Crippen molar-refractivity contribution in [3.05, 3.63) is 70.1 Å². The molecule has 0 aliphatic carbocycles. The number of piperidine rings is 1. The maximum Gasteiger partial charge on any atom is 0.286 e. The molecular formula is C22H26N4O2. The Morgan fingerprint density at radius 3 is 2.75 bits per heavy atom. The van der Waals surface area contributed by atoms with Crippen molar-refractivity contribution >= 4 is 16.7 Å². The van der Waals surface area contributed by atoms with Gasteiger partial charge in [-0.2, -0.15) is 0 Å². The van der Waals surface area contributed by atoms with Crippen LogP contribution < -0.4 is 10.9 Å². The van der Waals surface area contributed by atoms with Crippen molar-refractivity contribution in [1.82, 2.24) is 14.6 Å². The topological polar surface area (TPSA) is 70.4 Å². The molecule has 2 N–H and O–H groups in total. The van der Waals surface area contributed by atoms with Crippen LogP contribution in [0.15, 0.2) is 53.5 Å². The van der Waals surface area contributed by atoms with E-state index in [0.29, 0.717) is 22.3 Å². The summed E-state index contributed by atoms with van der Waals surface area (Å²) in [6, 6.07) is 13.6. The first-order valence-electron chi connectivity index (χ1n) is 9.84. The predicted molar refractivity (Wildman–Crippen MR) is 111 cm³/mol. The quantitative estimate of drug-likeness (QED) is 0.665. The minimum atomic E-state index is -0.498. The summed E-state index contributed by atoms with van der Waals surface area (Å²) in [6.07, 6.45) is 4.11. The zero-order chi connectivity index (χ0) is 19.5. The van der Waals surface area contributed by atoms with Gasteiger partial charge < -0.3 is 10.5 Å². The van der Waals surface area contributed by atoms with Crippen molar-refractivity contribution in [3.8, 4) is 0 Å². The van der Waals surface area contributed by atoms with Crippen molar-refractivity contribution in [2.24, 2.45) is 5.92 Å². The number of pyridine rings is 2. The highest BCUT2D eigenvalue weighted by atomic mass is 16.5. The molecule has 1 saturated heterocycles. The van der Waals surface area contributed by atoms with Crippen molar-refractivity contribution in [3.63, 3.8) is 0 Å². The number of aromatic nitrogens is 2. The third-order valence-corrected chi connectivity index (χ3v) is 5.51. The highest BCUT2D eigenvalue weighted by Gasteiger charge is 2.15. The second kappa shape index (κ2) is 8.02. The maximum absolute atomic E-state index is 12.0. The van der Waals surface area contributed by atoms with Crippen LogP contribution in [0, 0.1) is 5.92 Å². The Hall–Kier alpha value is -2.86. The van der Waals surface area contributed by atoms with Crippen molar-refractivity contribution in [2.45, 2.75) is 32.9 Å². The predicted octanol–water partition coefficient (Wildman–Crippen LogP) is 3.48. The van der Waals surface area contributed by atoms with Gasteiger partial charge in [0.2, 0.25) is 0 Å². The van der Waals surface area contributed by atoms with Crippen LogP contribution in [0.4, 0.5) is 5.69 Å². The summed E-state index contributed by atoms with van der Waals surface area (Å²) >= 11 is 0. The Bertz CT molecular complexity index is 1020. The van der Waals surface area contributed by atoms with E-state index in [1.165, 1.54) is 37.6 Å². The first-order valence-corrected chi connectivity index (χ1v) is 9.84. The standard InChI is InChI=1S/C22H26N4O2/c1-16-7-10-25(11-8-16)15-18-5-2-4-17(12-18)14-24-20-13-21(27)26(28)22-19(20)6-3-9-23-22/h2-6,9,12-13,16,24,28H,7-8,10-11,14-15H2,1H3. The van der Waals surface area contributed by atoms with E-state index in [-0.39, 0.29) is 5.65 Å². The zero-order valence-electron chi connectivity index (χ0n) is 16.1. The van der Waals surface area contributed by atoms with E-state index in [0.717, 1.165) is 18.0 Å². The molecule has 0 amide bonds. The van der Waals surface area contributed by atoms with Crippen molar-refractivity contribution in [2.75, 3.05) is 18.4 Å². The molecule has 1 fully saturated rings. The number of likely N-dealkylation sites (tertiary alicyclic amines) is 1. The van der Waals surface area contributed by atoms with E-state index in [4.69, 9.17) is 0 Å². The van der Waals surface area contributed by atoms with Gasteiger partial charge in [-0.3, -0.25) is 9.69 Å². The Labute approximate surface area is 164 Å². The van der Waals surface area contributed by atoms with E-state index in [1.807, 2.05) is 6.07 Å². The van der Waals surface area contributed by atoms with Gasteiger partial charge in [-0.15, -0.1) is 4.73 Å². The number of hydrogen-bond acceptors (Lipinski definition) is 5. The molecule has 1 aromatic carbocycles. The Morgan fingerprint density at radius 2 is 1.93 bits per heavy atom. The van der Waals surface area contributed by atoms with Crippen LogP contribution in [0.1, 0.15) is 30.9 Å². The molecule has 3 aromatic rings. The molecule has 0 spiro atoms. The van der Waals surface area contributed by atoms with Gasteiger partial charge in [0.1, 0.15) is 0 Å². The first kappa shape index (κ1) is 18.5. The molecule has 3 heterocycles. The molecule has 0 bridgehead atoms. The SMILES string of the molecule is CC1CCN(Cc2cccc(CNc3cc(=O)n(O)c4ncccc34)c2)CC1. The molecule has 2 aromatic heterocycles. The largest absolute Gasteiger partial charge is 0.423 e. The van der Waals surface area contributed by atoms with Gasteiger partial charge in [0.25, 0.3) is 5.56 Å². The highest BCUT2D eigenvalue weighted by Crippen LogP contribution is 2.21. The molecule has 1 aliphatic heterocycles. The third kappa shape index (κ3) is 4.02. The summed E-state index contributed by atoms with van der Waals surface area (Å²) in [7, 11) is 0. The fourth-order valence-electron chi connectivity index (χ4n) is 3.80. The number of rotatable bonds is 5. The van der Waals surface area contributed by atoms with E-state index in [2.05, 4.69) is 46.4 Å². The number of benzene rings is 1. The minimum absolute atomic E-state index is 0.255. The van der Waals surface area contributed by atoms with Crippen LogP contribution in [-0.2, 0) is 13.1 Å². The first-order chi connectivity index (χ1) is 13.6. The smallest absolute Gasteiger partial charge is 0.286 e. The van der Waals surface area contributed by atoms with Gasteiger partial charge in [0.15, 0.2) is 5.65 Å². The van der Waals surface area contributed by atoms with Crippen LogP contribution >= 0.6 is 0 Å². The van der Waals surface area contributed by atoms with Gasteiger partial charge in [-0.25, -0.2) is 4.98 Å². The lowest BCUT2D eigenvalue weighted by molar-refractivity contribution is 0.185. The Balaban J connectivity index is 1.48. The van der Waals surface area contributed by atoms with E-state index in [1.54, 1.807) is 12.3 Å². The fourth-order valence-corrected chi connectivity index (χ4v) is 3.80. The van der Waals surface area contributed by atoms with Gasteiger partial charge in [-0.1, -0.05) is 31.2 Å². The molecular weight excluding hydrogens is 352 g/mol. The van der Waals surface area contributed by atoms with Crippen molar-refractivity contribution < 1.29 is 5.21 Å². The lowest BCUT2D eigenvalue weighted by atomic mass is 9.98. The molecule has 0 unspecified atom stereocenters. The lowest BCUT2D eigenvalue weighted by Crippen LogP contribution is -2.32. The fraction of sp³-hybridized carbons (Fsp3) is 0.364. The molecule has 4 rings (SSSR count). The maximum atomic E-state index is 12.0. The molecule has 6 nitrogen and oxygen atoms in total. The monoisotopic (exact) mass is 378 g/mol. The van der Waals surface area contributed by atoms with E-state index >= 15 is 0 Å². The average Bonchev–Trinajstić information content (AvgIpc) is 2.72. The summed E-state index contributed by atoms with van der Waals surface area (Å²) in [5, 5.41) is 13.9. The third-order valence-electron chi connectivity index (χ3n) is 5.51. The number of fused-ring (bicyclic) bond motifs is 1. The average molecular weight is 378 g/mol. The van der Waals surface area contributed by atoms with E-state index in [9.17, 15) is 10.0 Å². The second-order valence-electron chi connectivity index (χ2n) is 7.71. The van der Waals surface area contributed by atoms with Crippen molar-refractivity contribution in [1.29, 1.82) is 0 Å². The number of anilines is 1. The molecule has 0 radical (unpaired) electrons. The van der Waals surface area contributed by atoms with Gasteiger partial charge in [-0.05, 0) is 55.1 Å². The molecule has 0 atom stereocenters. The van der Waals surface area contributed by atoms with Gasteiger partial charge >= 0.3 is 0 Å². The van der Waals surface area contributed by atoms with Crippen LogP contribution in [-0.4, -0.2) is 32.9 Å². The van der Waals surface area contributed by atoms with E-state index < -0.39 is 5.56 Å². The van der Waals surface area contributed by atoms with Gasteiger partial charge in [0.05, 0.1) is 5.69 Å². The summed E-state index contributed by atoms with van der Waals surface area (Å²) in [6.45, 7) is 6.25. The molecule has 6 heteroatoms. The molecule has 146 valence electrons. The molecule has 0 saturated carbocycles. The number of hydrogen-bond donors (Lipinski definition) is 2. The van der Waals surface area contributed by atoms with Crippen LogP contribution in [0.3, 0.4) is 0 Å². The summed E-state index contributed by atoms with van der Waals surface area (Å²) in [4.78, 5) is 18.6. The second-order valence-corrected chi connectivity index (χ2v) is 7.71. The van der Waals surface area contributed by atoms with Crippen LogP contribution in [0.2, 0.25) is 0 Å². The van der Waals surface area contributed by atoms with Crippen LogP contribution in [0.5, 0.6) is 0 Å². The normalized spacial score (nSPS) is 15.8. The molecule has 1 aliphatic rings. The minimum Gasteiger partial charge on any atom is -0.423 e. The molecule has 28 heavy (non-hydrogen) atoms. The summed E-state index contributed by atoms with van der Waals surface area (Å²) < 4.78 is 0.584. The lowest BCUT2D eigenvalue weighted by Gasteiger charge is -2.30. The summed E-state index contributed by atoms with van der Waals surface area (Å²) in [5.41, 5.74) is 2.90. The highest BCUT2D eigenvalue weighted by molar-refractivity contribution is 5.88. The number of nitrogens with one attached hydrogen (secondary N) is 1. The number of nitrogens with zero attached hydrogens (tertiary/aromatic N) is 3. The zero-order valence-corrected chi connectivity index (χ0v) is 16.1. The van der Waals surface area contributed by atoms with Gasteiger partial charge in [0, 0.05) is 30.7 Å². The Morgan fingerprint density at radius 1 is 1.14 bits per heavy atom. The van der Waals surface area contributed by atoms with Crippen LogP contribution in [0.25, 0.3) is 11.0 Å².